The maximum absolute atomic E-state index is 14.2. The van der Waals surface area contributed by atoms with Crippen molar-refractivity contribution in [2.45, 2.75) is 51.2 Å². The Bertz CT molecular complexity index is 1760. The Balaban J connectivity index is 1.19. The van der Waals surface area contributed by atoms with Gasteiger partial charge in [0.2, 0.25) is 0 Å². The molecule has 4 aliphatic rings. The first kappa shape index (κ1) is 28.6. The molecule has 3 aromatic rings. The number of aryl methyl sites for hydroxylation is 2. The molecular weight excluding hydrogens is 568 g/mol. The Morgan fingerprint density at radius 3 is 2.38 bits per heavy atom. The van der Waals surface area contributed by atoms with E-state index in [4.69, 9.17) is 9.84 Å². The second kappa shape index (κ2) is 11.4. The molecule has 3 heterocycles. The average Bonchev–Trinajstić information content (AvgIpc) is 3.72. The fraction of sp³-hybridized carbons (Fsp3) is 0.314. The van der Waals surface area contributed by atoms with Crippen LogP contribution < -0.4 is 9.64 Å². The number of nitrogens with zero attached hydrogens (tertiary/aromatic N) is 6. The number of hydrazone groups is 1. The summed E-state index contributed by atoms with van der Waals surface area (Å²) in [7, 11) is 1.48. The normalized spacial score (nSPS) is 24.7. The highest BCUT2D eigenvalue weighted by atomic mass is 16.5. The van der Waals surface area contributed by atoms with Gasteiger partial charge in [-0.15, -0.1) is 0 Å². The Labute approximate surface area is 261 Å². The third kappa shape index (κ3) is 5.00. The molecule has 3 amide bonds. The lowest BCUT2D eigenvalue weighted by atomic mass is 9.77. The number of fused-ring (bicyclic) bond motifs is 2. The molecule has 2 fully saturated rings. The van der Waals surface area contributed by atoms with Crippen molar-refractivity contribution >= 4 is 35.2 Å². The molecule has 0 radical (unpaired) electrons. The number of imide groups is 1. The molecule has 1 saturated carbocycles. The second-order valence-corrected chi connectivity index (χ2v) is 12.0. The van der Waals surface area contributed by atoms with Crippen LogP contribution in [-0.4, -0.2) is 59.2 Å². The van der Waals surface area contributed by atoms with Gasteiger partial charge in [-0.25, -0.2) is 9.91 Å². The van der Waals surface area contributed by atoms with Crippen molar-refractivity contribution in [1.29, 1.82) is 0 Å². The van der Waals surface area contributed by atoms with E-state index in [0.29, 0.717) is 11.4 Å². The largest absolute Gasteiger partial charge is 0.495 e. The van der Waals surface area contributed by atoms with Gasteiger partial charge in [-0.3, -0.25) is 19.4 Å². The number of carbonyl (C=O) groups is 3. The van der Waals surface area contributed by atoms with Crippen molar-refractivity contribution in [2.24, 2.45) is 21.4 Å². The molecule has 0 aromatic heterocycles. The van der Waals surface area contributed by atoms with Gasteiger partial charge in [-0.2, -0.15) is 10.2 Å². The molecule has 7 rings (SSSR count). The maximum atomic E-state index is 14.2. The lowest BCUT2D eigenvalue weighted by Gasteiger charge is -2.30. The number of allylic oxidation sites excluding steroid dienone is 1. The zero-order chi connectivity index (χ0) is 31.2. The van der Waals surface area contributed by atoms with Crippen molar-refractivity contribution in [3.8, 4) is 5.75 Å². The van der Waals surface area contributed by atoms with Crippen molar-refractivity contribution in [2.75, 3.05) is 18.6 Å². The average molecular weight is 603 g/mol. The van der Waals surface area contributed by atoms with Crippen molar-refractivity contribution in [3.05, 3.63) is 101 Å². The highest BCUT2D eigenvalue weighted by Gasteiger charge is 2.56. The van der Waals surface area contributed by atoms with Crippen LogP contribution in [0.1, 0.15) is 47.6 Å². The first-order valence-electron chi connectivity index (χ1n) is 15.3. The molecule has 0 unspecified atom stereocenters. The van der Waals surface area contributed by atoms with Crippen molar-refractivity contribution in [3.63, 3.8) is 0 Å². The van der Waals surface area contributed by atoms with E-state index in [-0.39, 0.29) is 24.4 Å². The number of benzene rings is 3. The quantitative estimate of drug-likeness (QED) is 0.350. The summed E-state index contributed by atoms with van der Waals surface area (Å²) in [4.78, 5) is 42.2. The number of para-hydroxylation sites is 2. The molecule has 228 valence electrons. The lowest BCUT2D eigenvalue weighted by molar-refractivity contribution is -0.136. The molecule has 4 atom stereocenters. The van der Waals surface area contributed by atoms with Gasteiger partial charge in [-0.05, 0) is 68.0 Å². The van der Waals surface area contributed by atoms with Gasteiger partial charge < -0.3 is 4.74 Å². The molecule has 1 aliphatic carbocycles. The molecule has 10 heteroatoms. The Morgan fingerprint density at radius 2 is 1.64 bits per heavy atom. The third-order valence-corrected chi connectivity index (χ3v) is 9.08. The topological polar surface area (TPSA) is 107 Å². The minimum absolute atomic E-state index is 0.0331. The van der Waals surface area contributed by atoms with Crippen LogP contribution in [0.4, 0.5) is 5.69 Å². The SMILES string of the molecule is COc1ccccc1N1C(=O)[C@H]2N=NN(CC(=O)N3N=C4/C(=C/c5ccc(C)cc5)CCC[C@H]4[C@@H]3c3ccc(C)cc3)[C@H]2C1=O. The smallest absolute Gasteiger partial charge is 0.264 e. The number of amides is 3. The molecule has 0 spiro atoms. The van der Waals surface area contributed by atoms with Crippen LogP contribution >= 0.6 is 0 Å². The summed E-state index contributed by atoms with van der Waals surface area (Å²) < 4.78 is 5.40. The predicted molar refractivity (Wildman–Crippen MR) is 169 cm³/mol. The molecule has 0 N–H and O–H groups in total. The molecule has 10 nitrogen and oxygen atoms in total. The number of hydrogen-bond acceptors (Lipinski definition) is 8. The molecule has 3 aromatic carbocycles. The minimum atomic E-state index is -1.03. The number of anilines is 1. The summed E-state index contributed by atoms with van der Waals surface area (Å²) in [6.45, 7) is 3.86. The lowest BCUT2D eigenvalue weighted by Crippen LogP contribution is -2.45. The second-order valence-electron chi connectivity index (χ2n) is 12.0. The Morgan fingerprint density at radius 1 is 0.933 bits per heavy atom. The number of rotatable bonds is 6. The van der Waals surface area contributed by atoms with Gasteiger partial charge in [0.25, 0.3) is 17.7 Å². The van der Waals surface area contributed by atoms with Crippen LogP contribution in [0, 0.1) is 19.8 Å². The van der Waals surface area contributed by atoms with Gasteiger partial charge in [0.1, 0.15) is 12.3 Å². The van der Waals surface area contributed by atoms with Crippen LogP contribution in [0.15, 0.2) is 93.8 Å². The van der Waals surface area contributed by atoms with Crippen molar-refractivity contribution < 1.29 is 19.1 Å². The molecular formula is C35H34N6O4. The number of ether oxygens (including phenoxy) is 1. The van der Waals surface area contributed by atoms with E-state index >= 15 is 0 Å². The monoisotopic (exact) mass is 602 g/mol. The molecule has 1 saturated heterocycles. The van der Waals surface area contributed by atoms with E-state index < -0.39 is 23.9 Å². The van der Waals surface area contributed by atoms with Crippen LogP contribution in [-0.2, 0) is 14.4 Å². The van der Waals surface area contributed by atoms with Crippen LogP contribution in [0.25, 0.3) is 6.08 Å². The summed E-state index contributed by atoms with van der Waals surface area (Å²) in [6.07, 6.45) is 4.96. The minimum Gasteiger partial charge on any atom is -0.495 e. The highest BCUT2D eigenvalue weighted by molar-refractivity contribution is 6.26. The van der Waals surface area contributed by atoms with Gasteiger partial charge in [-0.1, -0.05) is 77.0 Å². The van der Waals surface area contributed by atoms with E-state index in [9.17, 15) is 14.4 Å². The fourth-order valence-corrected chi connectivity index (χ4v) is 6.78. The van der Waals surface area contributed by atoms with Crippen molar-refractivity contribution in [1.82, 2.24) is 10.0 Å². The molecule has 0 bridgehead atoms. The van der Waals surface area contributed by atoms with Gasteiger partial charge in [0, 0.05) is 5.92 Å². The van der Waals surface area contributed by atoms with E-state index in [1.54, 1.807) is 29.3 Å². The van der Waals surface area contributed by atoms with E-state index in [1.807, 2.05) is 6.92 Å². The van der Waals surface area contributed by atoms with Crippen LogP contribution in [0.2, 0.25) is 0 Å². The number of hydrogen-bond donors (Lipinski definition) is 0. The summed E-state index contributed by atoms with van der Waals surface area (Å²) in [5.41, 5.74) is 6.83. The summed E-state index contributed by atoms with van der Waals surface area (Å²) >= 11 is 0. The van der Waals surface area contributed by atoms with E-state index in [1.165, 1.54) is 17.7 Å². The summed E-state index contributed by atoms with van der Waals surface area (Å²) in [5, 5.41) is 16.2. The molecule has 3 aliphatic heterocycles. The zero-order valence-corrected chi connectivity index (χ0v) is 25.5. The van der Waals surface area contributed by atoms with Gasteiger partial charge in [0.05, 0.1) is 24.6 Å². The third-order valence-electron chi connectivity index (χ3n) is 9.08. The Hall–Kier alpha value is -5.12. The van der Waals surface area contributed by atoms with Gasteiger partial charge >= 0.3 is 0 Å². The first-order chi connectivity index (χ1) is 21.8. The van der Waals surface area contributed by atoms with Gasteiger partial charge in [0.15, 0.2) is 12.1 Å². The summed E-state index contributed by atoms with van der Waals surface area (Å²) in [6, 6.07) is 21.1. The standard InChI is InChI=1S/C35H34N6O4/c1-21-11-15-23(16-12-21)19-25-7-6-8-26-30(25)37-41(32(26)24-17-13-22(2)14-18-24)29(42)20-39-33-31(36-38-39)34(43)40(35(33)44)27-9-4-5-10-28(27)45-3/h4-5,9-19,26,31-33H,6-8,20H2,1-3H3/b25-19+/t26-,31+,32+,33-/m1/s1. The van der Waals surface area contributed by atoms with Crippen LogP contribution in [0.3, 0.4) is 0 Å². The van der Waals surface area contributed by atoms with E-state index in [0.717, 1.165) is 52.1 Å². The zero-order valence-electron chi connectivity index (χ0n) is 25.5. The summed E-state index contributed by atoms with van der Waals surface area (Å²) in [5.74, 6) is -0.876. The highest BCUT2D eigenvalue weighted by Crippen LogP contribution is 2.45. The first-order valence-corrected chi connectivity index (χ1v) is 15.3. The van der Waals surface area contributed by atoms with Crippen LogP contribution in [0.5, 0.6) is 5.75 Å². The predicted octanol–water partition coefficient (Wildman–Crippen LogP) is 5.43. The molecule has 45 heavy (non-hydrogen) atoms. The number of carbonyl (C=O) groups excluding carboxylic acids is 3. The Kier molecular flexibility index (Phi) is 7.27. The fourth-order valence-electron chi connectivity index (χ4n) is 6.78. The number of methoxy groups -OCH3 is 1. The van der Waals surface area contributed by atoms with E-state index in [2.05, 4.69) is 71.9 Å². The maximum Gasteiger partial charge on any atom is 0.264 e.